The molecule has 2 nitrogen and oxygen atoms in total. The van der Waals surface area contributed by atoms with Crippen LogP contribution >= 0.6 is 0 Å². The summed E-state index contributed by atoms with van der Waals surface area (Å²) in [5.74, 6) is 0.985. The molecule has 0 radical (unpaired) electrons. The number of ether oxygens (including phenoxy) is 1. The van der Waals surface area contributed by atoms with Gasteiger partial charge in [0.2, 0.25) is 0 Å². The van der Waals surface area contributed by atoms with Gasteiger partial charge in [-0.3, -0.25) is 0 Å². The van der Waals surface area contributed by atoms with Crippen LogP contribution in [0, 0.1) is 13.8 Å². The number of aryl methyl sites for hydroxylation is 2. The molecule has 0 saturated carbocycles. The SMILES string of the molecule is COc1c(C)cc(CC(C)N)cc1C. The number of hydrogen-bond acceptors (Lipinski definition) is 2. The molecule has 0 bridgehead atoms. The van der Waals surface area contributed by atoms with Crippen LogP contribution in [-0.2, 0) is 6.42 Å². The fourth-order valence-corrected chi connectivity index (χ4v) is 1.85. The molecule has 2 N–H and O–H groups in total. The molecule has 1 aromatic carbocycles. The lowest BCUT2D eigenvalue weighted by Crippen LogP contribution is -2.17. The summed E-state index contributed by atoms with van der Waals surface area (Å²) in [6.07, 6.45) is 0.922. The molecular weight excluding hydrogens is 174 g/mol. The second-order valence-electron chi connectivity index (χ2n) is 3.94. The van der Waals surface area contributed by atoms with Crippen molar-refractivity contribution in [2.75, 3.05) is 7.11 Å². The zero-order chi connectivity index (χ0) is 10.7. The van der Waals surface area contributed by atoms with Crippen LogP contribution < -0.4 is 10.5 Å². The first kappa shape index (κ1) is 11.1. The van der Waals surface area contributed by atoms with Crippen LogP contribution in [-0.4, -0.2) is 13.2 Å². The van der Waals surface area contributed by atoms with E-state index in [9.17, 15) is 0 Å². The van der Waals surface area contributed by atoms with Crippen molar-refractivity contribution in [1.29, 1.82) is 0 Å². The molecule has 78 valence electrons. The summed E-state index contributed by atoms with van der Waals surface area (Å²) in [6, 6.07) is 4.51. The molecule has 0 saturated heterocycles. The van der Waals surface area contributed by atoms with Gasteiger partial charge in [0, 0.05) is 6.04 Å². The fraction of sp³-hybridized carbons (Fsp3) is 0.500. The number of rotatable bonds is 3. The molecule has 0 spiro atoms. The Bertz CT molecular complexity index is 295. The Hall–Kier alpha value is -1.02. The van der Waals surface area contributed by atoms with E-state index >= 15 is 0 Å². The van der Waals surface area contributed by atoms with Gasteiger partial charge in [0.15, 0.2) is 0 Å². The first-order valence-electron chi connectivity index (χ1n) is 4.94. The quantitative estimate of drug-likeness (QED) is 0.798. The van der Waals surface area contributed by atoms with E-state index in [1.54, 1.807) is 7.11 Å². The second-order valence-corrected chi connectivity index (χ2v) is 3.94. The van der Waals surface area contributed by atoms with Crippen molar-refractivity contribution in [3.8, 4) is 5.75 Å². The molecule has 0 aliphatic carbocycles. The van der Waals surface area contributed by atoms with Gasteiger partial charge in [0.1, 0.15) is 5.75 Å². The van der Waals surface area contributed by atoms with Crippen LogP contribution in [0.25, 0.3) is 0 Å². The summed E-state index contributed by atoms with van der Waals surface area (Å²) < 4.78 is 5.30. The predicted octanol–water partition coefficient (Wildman–Crippen LogP) is 2.20. The van der Waals surface area contributed by atoms with Crippen molar-refractivity contribution >= 4 is 0 Å². The highest BCUT2D eigenvalue weighted by Gasteiger charge is 2.06. The zero-order valence-electron chi connectivity index (χ0n) is 9.42. The number of nitrogens with two attached hydrogens (primary N) is 1. The van der Waals surface area contributed by atoms with Gasteiger partial charge in [-0.1, -0.05) is 12.1 Å². The Morgan fingerprint density at radius 2 is 1.79 bits per heavy atom. The van der Waals surface area contributed by atoms with Gasteiger partial charge >= 0.3 is 0 Å². The van der Waals surface area contributed by atoms with Gasteiger partial charge in [0.05, 0.1) is 7.11 Å². The van der Waals surface area contributed by atoms with Crippen LogP contribution in [0.15, 0.2) is 12.1 Å². The van der Waals surface area contributed by atoms with Crippen molar-refractivity contribution in [3.63, 3.8) is 0 Å². The molecule has 14 heavy (non-hydrogen) atoms. The first-order valence-corrected chi connectivity index (χ1v) is 4.94. The van der Waals surface area contributed by atoms with Gasteiger partial charge in [-0.15, -0.1) is 0 Å². The Kier molecular flexibility index (Phi) is 3.53. The summed E-state index contributed by atoms with van der Waals surface area (Å²) in [7, 11) is 1.71. The molecule has 0 fully saturated rings. The Balaban J connectivity index is 3.01. The first-order chi connectivity index (χ1) is 6.54. The van der Waals surface area contributed by atoms with Gasteiger partial charge in [-0.25, -0.2) is 0 Å². The Morgan fingerprint density at radius 1 is 1.29 bits per heavy atom. The molecule has 1 rings (SSSR count). The molecule has 0 aliphatic rings. The summed E-state index contributed by atoms with van der Waals surface area (Å²) in [6.45, 7) is 6.15. The maximum atomic E-state index is 5.76. The maximum Gasteiger partial charge on any atom is 0.124 e. The third-order valence-electron chi connectivity index (χ3n) is 2.28. The lowest BCUT2D eigenvalue weighted by Gasteiger charge is -2.12. The molecule has 1 aromatic rings. The van der Waals surface area contributed by atoms with Crippen LogP contribution in [0.4, 0.5) is 0 Å². The van der Waals surface area contributed by atoms with Crippen molar-refractivity contribution in [2.45, 2.75) is 33.2 Å². The van der Waals surface area contributed by atoms with Crippen molar-refractivity contribution in [1.82, 2.24) is 0 Å². The molecule has 0 amide bonds. The second kappa shape index (κ2) is 4.47. The predicted molar refractivity (Wildman–Crippen MR) is 59.8 cm³/mol. The van der Waals surface area contributed by atoms with E-state index in [2.05, 4.69) is 26.0 Å². The molecule has 1 unspecified atom stereocenters. The third kappa shape index (κ3) is 2.48. The topological polar surface area (TPSA) is 35.2 Å². The largest absolute Gasteiger partial charge is 0.496 e. The maximum absolute atomic E-state index is 5.76. The van der Waals surface area contributed by atoms with Gasteiger partial charge in [0.25, 0.3) is 0 Å². The summed E-state index contributed by atoms with van der Waals surface area (Å²) in [5, 5.41) is 0. The highest BCUT2D eigenvalue weighted by Crippen LogP contribution is 2.24. The zero-order valence-corrected chi connectivity index (χ0v) is 9.42. The number of methoxy groups -OCH3 is 1. The minimum absolute atomic E-state index is 0.210. The monoisotopic (exact) mass is 193 g/mol. The Morgan fingerprint density at radius 3 is 2.14 bits per heavy atom. The van der Waals surface area contributed by atoms with E-state index < -0.39 is 0 Å². The van der Waals surface area contributed by atoms with Gasteiger partial charge in [-0.05, 0) is 43.9 Å². The normalized spacial score (nSPS) is 12.6. The van der Waals surface area contributed by atoms with Crippen LogP contribution in [0.2, 0.25) is 0 Å². The van der Waals surface area contributed by atoms with Crippen molar-refractivity contribution in [3.05, 3.63) is 28.8 Å². The Labute approximate surface area is 86.1 Å². The van der Waals surface area contributed by atoms with E-state index in [0.717, 1.165) is 12.2 Å². The minimum atomic E-state index is 0.210. The summed E-state index contributed by atoms with van der Waals surface area (Å²) in [5.41, 5.74) is 9.42. The summed E-state index contributed by atoms with van der Waals surface area (Å²) in [4.78, 5) is 0. The fourth-order valence-electron chi connectivity index (χ4n) is 1.85. The molecule has 0 aromatic heterocycles. The van der Waals surface area contributed by atoms with E-state index in [1.807, 2.05) is 6.92 Å². The smallest absolute Gasteiger partial charge is 0.124 e. The molecular formula is C12H19NO. The van der Waals surface area contributed by atoms with E-state index in [1.165, 1.54) is 16.7 Å². The molecule has 2 heteroatoms. The van der Waals surface area contributed by atoms with Gasteiger partial charge < -0.3 is 10.5 Å². The molecule has 0 aliphatic heterocycles. The average molecular weight is 193 g/mol. The van der Waals surface area contributed by atoms with E-state index in [4.69, 9.17) is 10.5 Å². The lowest BCUT2D eigenvalue weighted by atomic mass is 10.0. The minimum Gasteiger partial charge on any atom is -0.496 e. The van der Waals surface area contributed by atoms with Crippen molar-refractivity contribution < 1.29 is 4.74 Å². The highest BCUT2D eigenvalue weighted by atomic mass is 16.5. The summed E-state index contributed by atoms with van der Waals surface area (Å²) >= 11 is 0. The average Bonchev–Trinajstić information content (AvgIpc) is 2.01. The third-order valence-corrected chi connectivity index (χ3v) is 2.28. The molecule has 0 heterocycles. The van der Waals surface area contributed by atoms with Crippen LogP contribution in [0.5, 0.6) is 5.75 Å². The number of benzene rings is 1. The number of hydrogen-bond donors (Lipinski definition) is 1. The lowest BCUT2D eigenvalue weighted by molar-refractivity contribution is 0.408. The van der Waals surface area contributed by atoms with E-state index in [-0.39, 0.29) is 6.04 Å². The van der Waals surface area contributed by atoms with Crippen molar-refractivity contribution in [2.24, 2.45) is 5.73 Å². The standard InChI is InChI=1S/C12H19NO/c1-8-5-11(7-10(3)13)6-9(2)12(8)14-4/h5-6,10H,7,13H2,1-4H3. The molecule has 1 atom stereocenters. The van der Waals surface area contributed by atoms with Crippen LogP contribution in [0.1, 0.15) is 23.6 Å². The van der Waals surface area contributed by atoms with Gasteiger partial charge in [-0.2, -0.15) is 0 Å². The highest BCUT2D eigenvalue weighted by molar-refractivity contribution is 5.43. The van der Waals surface area contributed by atoms with Crippen LogP contribution in [0.3, 0.4) is 0 Å². The van der Waals surface area contributed by atoms with E-state index in [0.29, 0.717) is 0 Å².